The molecule has 1 atom stereocenters. The molecule has 0 aromatic rings. The van der Waals surface area contributed by atoms with Gasteiger partial charge in [-0.25, -0.2) is 8.78 Å². The standard InChI is InChI=1S/C9H14F2/c1-4-9(11)6-7(2)5-8(3)10/h5-6,8H,4H2,1-3H3/b7-5-,9-6+. The first-order chi connectivity index (χ1) is 5.06. The summed E-state index contributed by atoms with van der Waals surface area (Å²) in [5.41, 5.74) is 0.638. The van der Waals surface area contributed by atoms with E-state index >= 15 is 0 Å². The van der Waals surface area contributed by atoms with E-state index in [2.05, 4.69) is 0 Å². The Bertz CT molecular complexity index is 166. The highest BCUT2D eigenvalue weighted by atomic mass is 19.1. The molecule has 0 spiro atoms. The highest BCUT2D eigenvalue weighted by Gasteiger charge is 1.93. The molecule has 11 heavy (non-hydrogen) atoms. The van der Waals surface area contributed by atoms with Gasteiger partial charge in [-0.3, -0.25) is 0 Å². The number of halogens is 2. The highest BCUT2D eigenvalue weighted by molar-refractivity contribution is 5.19. The Kier molecular flexibility index (Phi) is 4.75. The van der Waals surface area contributed by atoms with Gasteiger partial charge in [0.25, 0.3) is 0 Å². The van der Waals surface area contributed by atoms with Crippen LogP contribution in [0.4, 0.5) is 8.78 Å². The molecule has 0 rings (SSSR count). The van der Waals surface area contributed by atoms with E-state index in [0.717, 1.165) is 0 Å². The van der Waals surface area contributed by atoms with Crippen LogP contribution in [0.1, 0.15) is 27.2 Å². The Morgan fingerprint density at radius 3 is 2.45 bits per heavy atom. The van der Waals surface area contributed by atoms with E-state index in [0.29, 0.717) is 12.0 Å². The third-order valence-electron chi connectivity index (χ3n) is 1.21. The molecule has 0 saturated heterocycles. The Morgan fingerprint density at radius 1 is 1.55 bits per heavy atom. The van der Waals surface area contributed by atoms with Crippen molar-refractivity contribution in [2.24, 2.45) is 0 Å². The maximum Gasteiger partial charge on any atom is 0.116 e. The van der Waals surface area contributed by atoms with Gasteiger partial charge in [0.2, 0.25) is 0 Å². The maximum absolute atomic E-state index is 12.5. The molecule has 0 radical (unpaired) electrons. The van der Waals surface area contributed by atoms with E-state index in [4.69, 9.17) is 0 Å². The summed E-state index contributed by atoms with van der Waals surface area (Å²) in [4.78, 5) is 0. The van der Waals surface area contributed by atoms with Gasteiger partial charge in [0, 0.05) is 0 Å². The van der Waals surface area contributed by atoms with Crippen LogP contribution in [0.3, 0.4) is 0 Å². The summed E-state index contributed by atoms with van der Waals surface area (Å²) in [6, 6.07) is 0. The van der Waals surface area contributed by atoms with E-state index in [1.165, 1.54) is 19.1 Å². The van der Waals surface area contributed by atoms with Crippen LogP contribution >= 0.6 is 0 Å². The van der Waals surface area contributed by atoms with Crippen LogP contribution < -0.4 is 0 Å². The first-order valence-corrected chi connectivity index (χ1v) is 3.74. The predicted octanol–water partition coefficient (Wildman–Crippen LogP) is 3.55. The average molecular weight is 160 g/mol. The summed E-state index contributed by atoms with van der Waals surface area (Å²) in [6.45, 7) is 4.82. The van der Waals surface area contributed by atoms with Crippen molar-refractivity contribution in [1.29, 1.82) is 0 Å². The molecule has 0 aliphatic rings. The number of rotatable bonds is 3. The summed E-state index contributed by atoms with van der Waals surface area (Å²) >= 11 is 0. The van der Waals surface area contributed by atoms with Crippen LogP contribution in [0.2, 0.25) is 0 Å². The molecule has 64 valence electrons. The lowest BCUT2D eigenvalue weighted by molar-refractivity contribution is 0.429. The van der Waals surface area contributed by atoms with Crippen molar-refractivity contribution in [3.63, 3.8) is 0 Å². The largest absolute Gasteiger partial charge is 0.243 e. The van der Waals surface area contributed by atoms with E-state index in [1.54, 1.807) is 13.8 Å². The van der Waals surface area contributed by atoms with Gasteiger partial charge in [-0.2, -0.15) is 0 Å². The van der Waals surface area contributed by atoms with Gasteiger partial charge >= 0.3 is 0 Å². The minimum atomic E-state index is -1.00. The number of allylic oxidation sites excluding steroid dienone is 4. The molecule has 0 nitrogen and oxygen atoms in total. The normalized spacial score (nSPS) is 16.8. The Morgan fingerprint density at radius 2 is 2.09 bits per heavy atom. The number of alkyl halides is 1. The van der Waals surface area contributed by atoms with E-state index in [9.17, 15) is 8.78 Å². The zero-order chi connectivity index (χ0) is 8.85. The molecule has 0 N–H and O–H groups in total. The lowest BCUT2D eigenvalue weighted by Gasteiger charge is -1.95. The van der Waals surface area contributed by atoms with E-state index in [1.807, 2.05) is 0 Å². The van der Waals surface area contributed by atoms with Crippen molar-refractivity contribution in [2.45, 2.75) is 33.4 Å². The first-order valence-electron chi connectivity index (χ1n) is 3.74. The Hall–Kier alpha value is -0.660. The van der Waals surface area contributed by atoms with Crippen molar-refractivity contribution in [3.05, 3.63) is 23.6 Å². The van der Waals surface area contributed by atoms with Crippen LogP contribution in [-0.2, 0) is 0 Å². The smallest absolute Gasteiger partial charge is 0.116 e. The van der Waals surface area contributed by atoms with Crippen molar-refractivity contribution in [2.75, 3.05) is 0 Å². The minimum absolute atomic E-state index is 0.209. The molecule has 1 unspecified atom stereocenters. The van der Waals surface area contributed by atoms with Gasteiger partial charge in [-0.1, -0.05) is 6.92 Å². The lowest BCUT2D eigenvalue weighted by atomic mass is 10.2. The van der Waals surface area contributed by atoms with Crippen LogP contribution in [0.15, 0.2) is 23.6 Å². The average Bonchev–Trinajstić information content (AvgIpc) is 1.85. The van der Waals surface area contributed by atoms with Crippen LogP contribution in [0.5, 0.6) is 0 Å². The fourth-order valence-electron chi connectivity index (χ4n) is 0.759. The molecule has 0 amide bonds. The van der Waals surface area contributed by atoms with Crippen molar-refractivity contribution in [1.82, 2.24) is 0 Å². The van der Waals surface area contributed by atoms with Crippen LogP contribution in [0, 0.1) is 0 Å². The third kappa shape index (κ3) is 5.77. The van der Waals surface area contributed by atoms with Crippen molar-refractivity contribution < 1.29 is 8.78 Å². The first kappa shape index (κ1) is 10.3. The monoisotopic (exact) mass is 160 g/mol. The second-order valence-electron chi connectivity index (χ2n) is 2.53. The van der Waals surface area contributed by atoms with E-state index < -0.39 is 6.17 Å². The van der Waals surface area contributed by atoms with Gasteiger partial charge in [0.15, 0.2) is 0 Å². The van der Waals surface area contributed by atoms with Gasteiger partial charge in [0.1, 0.15) is 6.17 Å². The second-order valence-corrected chi connectivity index (χ2v) is 2.53. The number of hydrogen-bond acceptors (Lipinski definition) is 0. The molecule has 0 aliphatic heterocycles. The SMILES string of the molecule is CC/C(F)=C\C(C)=C/C(C)F. The predicted molar refractivity (Wildman–Crippen MR) is 43.8 cm³/mol. The maximum atomic E-state index is 12.5. The molecule has 2 heteroatoms. The second kappa shape index (κ2) is 5.05. The molecular weight excluding hydrogens is 146 g/mol. The van der Waals surface area contributed by atoms with Crippen LogP contribution in [-0.4, -0.2) is 6.17 Å². The molecule has 0 aliphatic carbocycles. The summed E-state index contributed by atoms with van der Waals surface area (Å²) in [7, 11) is 0. The Balaban J connectivity index is 4.15. The fraction of sp³-hybridized carbons (Fsp3) is 0.556. The van der Waals surface area contributed by atoms with E-state index in [-0.39, 0.29) is 5.83 Å². The van der Waals surface area contributed by atoms with Crippen molar-refractivity contribution in [3.8, 4) is 0 Å². The van der Waals surface area contributed by atoms with Gasteiger partial charge in [-0.15, -0.1) is 0 Å². The quantitative estimate of drug-likeness (QED) is 0.554. The number of hydrogen-bond donors (Lipinski definition) is 0. The fourth-order valence-corrected chi connectivity index (χ4v) is 0.759. The molecule has 0 saturated carbocycles. The summed E-state index contributed by atoms with van der Waals surface area (Å²) in [6.07, 6.45) is 2.10. The lowest BCUT2D eigenvalue weighted by Crippen LogP contribution is -1.85. The highest BCUT2D eigenvalue weighted by Crippen LogP contribution is 2.08. The van der Waals surface area contributed by atoms with Gasteiger partial charge < -0.3 is 0 Å². The minimum Gasteiger partial charge on any atom is -0.243 e. The van der Waals surface area contributed by atoms with Gasteiger partial charge in [0.05, 0.1) is 5.83 Å². The Labute approximate surface area is 66.6 Å². The van der Waals surface area contributed by atoms with Crippen LogP contribution in [0.25, 0.3) is 0 Å². The summed E-state index contributed by atoms with van der Waals surface area (Å²) < 4.78 is 24.8. The van der Waals surface area contributed by atoms with Gasteiger partial charge in [-0.05, 0) is 38.0 Å². The molecule has 0 bridgehead atoms. The molecular formula is C9H14F2. The topological polar surface area (TPSA) is 0 Å². The molecule has 0 aromatic carbocycles. The molecule has 0 heterocycles. The third-order valence-corrected chi connectivity index (χ3v) is 1.21. The summed E-state index contributed by atoms with van der Waals surface area (Å²) in [5, 5.41) is 0. The zero-order valence-electron chi connectivity index (χ0n) is 7.20. The molecule has 0 fully saturated rings. The zero-order valence-corrected chi connectivity index (χ0v) is 7.20. The molecule has 0 aromatic heterocycles. The van der Waals surface area contributed by atoms with Crippen molar-refractivity contribution >= 4 is 0 Å². The summed E-state index contributed by atoms with van der Waals surface area (Å²) in [5.74, 6) is -0.209.